The molecule has 0 spiro atoms. The van der Waals surface area contributed by atoms with Gasteiger partial charge in [0, 0.05) is 24.1 Å². The highest BCUT2D eigenvalue weighted by Crippen LogP contribution is 2.44. The Kier molecular flexibility index (Phi) is 3.89. The molecule has 1 aromatic carbocycles. The van der Waals surface area contributed by atoms with Gasteiger partial charge in [-0.25, -0.2) is 18.7 Å². The highest BCUT2D eigenvalue weighted by molar-refractivity contribution is 9.10. The summed E-state index contributed by atoms with van der Waals surface area (Å²) in [5, 5.41) is 3.04. The molecule has 0 aliphatic heterocycles. The number of anilines is 1. The number of benzene rings is 1. The molecule has 1 aliphatic carbocycles. The molecule has 0 amide bonds. The van der Waals surface area contributed by atoms with Crippen LogP contribution in [0.4, 0.5) is 14.6 Å². The number of alkyl halides is 2. The molecule has 1 heterocycles. The smallest absolute Gasteiger partial charge is 0.263 e. The molecule has 0 unspecified atom stereocenters. The number of halogens is 3. The standard InChI is InChI=1S/C15H14BrF2N3/c1-19-15-11(16)12(8-2-3-8)20-14(21-15)10-6-4-9(5-7-10)13(17)18/h4-8,13H,2-3H2,1H3,(H,19,20,21). The number of rotatable bonds is 4. The molecule has 3 rings (SSSR count). The quantitative estimate of drug-likeness (QED) is 0.860. The number of hydrogen-bond acceptors (Lipinski definition) is 3. The summed E-state index contributed by atoms with van der Waals surface area (Å²) in [6.07, 6.45) is -0.204. The van der Waals surface area contributed by atoms with Crippen molar-refractivity contribution in [2.75, 3.05) is 12.4 Å². The maximum atomic E-state index is 12.6. The Balaban J connectivity index is 2.03. The second-order valence-electron chi connectivity index (χ2n) is 5.04. The average molecular weight is 354 g/mol. The predicted octanol–water partition coefficient (Wildman–Crippen LogP) is 4.76. The van der Waals surface area contributed by atoms with Gasteiger partial charge in [-0.15, -0.1) is 0 Å². The van der Waals surface area contributed by atoms with Crippen molar-refractivity contribution < 1.29 is 8.78 Å². The number of nitrogens with one attached hydrogen (secondary N) is 1. The van der Waals surface area contributed by atoms with Crippen LogP contribution < -0.4 is 5.32 Å². The minimum absolute atomic E-state index is 0.00659. The summed E-state index contributed by atoms with van der Waals surface area (Å²) in [6, 6.07) is 6.12. The molecule has 1 fully saturated rings. The van der Waals surface area contributed by atoms with E-state index in [0.29, 0.717) is 11.7 Å². The van der Waals surface area contributed by atoms with Crippen LogP contribution in [0.3, 0.4) is 0 Å². The summed E-state index contributed by atoms with van der Waals surface area (Å²) in [7, 11) is 1.80. The summed E-state index contributed by atoms with van der Waals surface area (Å²) < 4.78 is 26.1. The van der Waals surface area contributed by atoms with Crippen LogP contribution >= 0.6 is 15.9 Å². The van der Waals surface area contributed by atoms with Crippen LogP contribution in [0.5, 0.6) is 0 Å². The van der Waals surface area contributed by atoms with Crippen LogP contribution in [-0.2, 0) is 0 Å². The third-order valence-corrected chi connectivity index (χ3v) is 4.28. The third-order valence-electron chi connectivity index (χ3n) is 3.50. The molecule has 0 saturated heterocycles. The van der Waals surface area contributed by atoms with Crippen LogP contribution in [0.1, 0.15) is 36.4 Å². The lowest BCUT2D eigenvalue weighted by Gasteiger charge is -2.11. The maximum Gasteiger partial charge on any atom is 0.263 e. The zero-order valence-corrected chi connectivity index (χ0v) is 13.0. The number of hydrogen-bond donors (Lipinski definition) is 1. The molecule has 0 radical (unpaired) electrons. The maximum absolute atomic E-state index is 12.6. The highest BCUT2D eigenvalue weighted by atomic mass is 79.9. The van der Waals surface area contributed by atoms with Crippen molar-refractivity contribution in [2.45, 2.75) is 25.2 Å². The fourth-order valence-electron chi connectivity index (χ4n) is 2.16. The van der Waals surface area contributed by atoms with Crippen molar-refractivity contribution in [3.05, 3.63) is 40.0 Å². The first kappa shape index (κ1) is 14.4. The summed E-state index contributed by atoms with van der Waals surface area (Å²) in [6.45, 7) is 0. The van der Waals surface area contributed by atoms with Crippen molar-refractivity contribution in [3.8, 4) is 11.4 Å². The van der Waals surface area contributed by atoms with Gasteiger partial charge in [0.2, 0.25) is 0 Å². The molecule has 1 N–H and O–H groups in total. The van der Waals surface area contributed by atoms with Gasteiger partial charge in [0.15, 0.2) is 5.82 Å². The largest absolute Gasteiger partial charge is 0.372 e. The van der Waals surface area contributed by atoms with Gasteiger partial charge < -0.3 is 5.32 Å². The zero-order chi connectivity index (χ0) is 15.0. The highest BCUT2D eigenvalue weighted by Gasteiger charge is 2.29. The molecule has 0 atom stereocenters. The molecule has 110 valence electrons. The molecule has 6 heteroatoms. The van der Waals surface area contributed by atoms with Crippen LogP contribution in [0.2, 0.25) is 0 Å². The molecule has 0 bridgehead atoms. The SMILES string of the molecule is CNc1nc(-c2ccc(C(F)F)cc2)nc(C2CC2)c1Br. The molecular formula is C15H14BrF2N3. The van der Waals surface area contributed by atoms with E-state index in [0.717, 1.165) is 34.4 Å². The zero-order valence-electron chi connectivity index (χ0n) is 11.4. The Bertz CT molecular complexity index is 655. The van der Waals surface area contributed by atoms with Gasteiger partial charge in [-0.3, -0.25) is 0 Å². The predicted molar refractivity (Wildman–Crippen MR) is 81.6 cm³/mol. The number of aromatic nitrogens is 2. The van der Waals surface area contributed by atoms with Gasteiger partial charge in [-0.05, 0) is 28.8 Å². The lowest BCUT2D eigenvalue weighted by molar-refractivity contribution is 0.151. The molecule has 3 nitrogen and oxygen atoms in total. The Morgan fingerprint density at radius 2 is 1.86 bits per heavy atom. The van der Waals surface area contributed by atoms with Gasteiger partial charge in [0.1, 0.15) is 5.82 Å². The third kappa shape index (κ3) is 2.90. The van der Waals surface area contributed by atoms with Crippen molar-refractivity contribution >= 4 is 21.7 Å². The van der Waals surface area contributed by atoms with Gasteiger partial charge in [0.05, 0.1) is 10.2 Å². The van der Waals surface area contributed by atoms with E-state index < -0.39 is 6.43 Å². The lowest BCUT2D eigenvalue weighted by Crippen LogP contribution is -2.02. The topological polar surface area (TPSA) is 37.8 Å². The molecule has 1 aliphatic rings. The van der Waals surface area contributed by atoms with Crippen molar-refractivity contribution in [1.29, 1.82) is 0 Å². The van der Waals surface area contributed by atoms with E-state index in [4.69, 9.17) is 0 Å². The Hall–Kier alpha value is -1.56. The first-order chi connectivity index (χ1) is 10.1. The van der Waals surface area contributed by atoms with E-state index in [1.54, 1.807) is 19.2 Å². The van der Waals surface area contributed by atoms with Crippen LogP contribution in [-0.4, -0.2) is 17.0 Å². The lowest BCUT2D eigenvalue weighted by atomic mass is 10.1. The normalized spacial score (nSPS) is 14.5. The Morgan fingerprint density at radius 1 is 1.19 bits per heavy atom. The van der Waals surface area contributed by atoms with E-state index in [1.807, 2.05) is 0 Å². The van der Waals surface area contributed by atoms with Gasteiger partial charge in [-0.1, -0.05) is 24.3 Å². The second-order valence-corrected chi connectivity index (χ2v) is 5.84. The first-order valence-corrected chi connectivity index (χ1v) is 7.53. The van der Waals surface area contributed by atoms with E-state index in [1.165, 1.54) is 12.1 Å². The summed E-state index contributed by atoms with van der Waals surface area (Å²) in [5.74, 6) is 1.75. The Morgan fingerprint density at radius 3 is 2.38 bits per heavy atom. The van der Waals surface area contributed by atoms with Crippen molar-refractivity contribution in [2.24, 2.45) is 0 Å². The molecular weight excluding hydrogens is 340 g/mol. The fourth-order valence-corrected chi connectivity index (χ4v) is 2.86. The minimum atomic E-state index is -2.46. The molecule has 1 aromatic heterocycles. The van der Waals surface area contributed by atoms with Crippen molar-refractivity contribution in [1.82, 2.24) is 9.97 Å². The van der Waals surface area contributed by atoms with E-state index >= 15 is 0 Å². The fraction of sp³-hybridized carbons (Fsp3) is 0.333. The van der Waals surface area contributed by atoms with Crippen LogP contribution in [0, 0.1) is 0 Å². The van der Waals surface area contributed by atoms with Gasteiger partial charge in [-0.2, -0.15) is 0 Å². The Labute approximate surface area is 129 Å². The van der Waals surface area contributed by atoms with Gasteiger partial charge in [0.25, 0.3) is 6.43 Å². The molecule has 21 heavy (non-hydrogen) atoms. The number of nitrogens with zero attached hydrogens (tertiary/aromatic N) is 2. The van der Waals surface area contributed by atoms with Crippen molar-refractivity contribution in [3.63, 3.8) is 0 Å². The van der Waals surface area contributed by atoms with Crippen LogP contribution in [0.15, 0.2) is 28.7 Å². The van der Waals surface area contributed by atoms with Crippen LogP contribution in [0.25, 0.3) is 11.4 Å². The first-order valence-electron chi connectivity index (χ1n) is 6.74. The summed E-state index contributed by atoms with van der Waals surface area (Å²) in [4.78, 5) is 9.05. The monoisotopic (exact) mass is 353 g/mol. The second kappa shape index (κ2) is 5.67. The molecule has 2 aromatic rings. The van der Waals surface area contributed by atoms with Gasteiger partial charge >= 0.3 is 0 Å². The molecule has 1 saturated carbocycles. The average Bonchev–Trinajstić information content (AvgIpc) is 3.32. The van der Waals surface area contributed by atoms with E-state index in [9.17, 15) is 8.78 Å². The minimum Gasteiger partial charge on any atom is -0.372 e. The van der Waals surface area contributed by atoms with E-state index in [-0.39, 0.29) is 5.56 Å². The summed E-state index contributed by atoms with van der Waals surface area (Å²) >= 11 is 3.53. The van der Waals surface area contributed by atoms with E-state index in [2.05, 4.69) is 31.2 Å². The summed E-state index contributed by atoms with van der Waals surface area (Å²) in [5.41, 5.74) is 1.74.